The first-order valence-electron chi connectivity index (χ1n) is 5.65. The lowest BCUT2D eigenvalue weighted by Gasteiger charge is -2.25. The van der Waals surface area contributed by atoms with E-state index in [2.05, 4.69) is 13.8 Å². The van der Waals surface area contributed by atoms with E-state index < -0.39 is 5.60 Å². The Morgan fingerprint density at radius 2 is 2.07 bits per heavy atom. The third kappa shape index (κ3) is 2.57. The van der Waals surface area contributed by atoms with E-state index in [4.69, 9.17) is 4.74 Å². The van der Waals surface area contributed by atoms with Crippen molar-refractivity contribution in [2.24, 2.45) is 11.8 Å². The van der Waals surface area contributed by atoms with Crippen LogP contribution in [-0.2, 0) is 9.53 Å². The van der Waals surface area contributed by atoms with Gasteiger partial charge in [0, 0.05) is 7.11 Å². The summed E-state index contributed by atoms with van der Waals surface area (Å²) in [6, 6.07) is 0. The van der Waals surface area contributed by atoms with Crippen LogP contribution in [-0.4, -0.2) is 19.0 Å². The Morgan fingerprint density at radius 3 is 2.57 bits per heavy atom. The lowest BCUT2D eigenvalue weighted by Crippen LogP contribution is -2.32. The second kappa shape index (κ2) is 4.92. The summed E-state index contributed by atoms with van der Waals surface area (Å²) in [6.45, 7) is 4.54. The van der Waals surface area contributed by atoms with E-state index in [1.54, 1.807) is 7.11 Å². The molecule has 0 aromatic heterocycles. The Balaban J connectivity index is 2.59. The van der Waals surface area contributed by atoms with Gasteiger partial charge in [0.1, 0.15) is 5.60 Å². The summed E-state index contributed by atoms with van der Waals surface area (Å²) < 4.78 is 5.37. The predicted molar refractivity (Wildman–Crippen MR) is 57.2 cm³/mol. The number of aldehydes is 1. The average Bonchev–Trinajstić information content (AvgIpc) is 2.40. The quantitative estimate of drug-likeness (QED) is 0.515. The van der Waals surface area contributed by atoms with Gasteiger partial charge in [-0.25, -0.2) is 0 Å². The molecule has 0 radical (unpaired) electrons. The average molecular weight is 198 g/mol. The number of ether oxygens (including phenoxy) is 1. The zero-order valence-corrected chi connectivity index (χ0v) is 9.58. The van der Waals surface area contributed by atoms with E-state index in [-0.39, 0.29) is 0 Å². The molecule has 2 heteroatoms. The molecule has 0 aromatic rings. The largest absolute Gasteiger partial charge is 0.371 e. The topological polar surface area (TPSA) is 26.3 Å². The van der Waals surface area contributed by atoms with Crippen LogP contribution in [0.1, 0.15) is 46.0 Å². The van der Waals surface area contributed by atoms with Gasteiger partial charge in [-0.3, -0.25) is 0 Å². The summed E-state index contributed by atoms with van der Waals surface area (Å²) in [7, 11) is 1.66. The van der Waals surface area contributed by atoms with Gasteiger partial charge in [-0.05, 0) is 37.5 Å². The number of carbonyl (C=O) groups is 1. The fourth-order valence-corrected chi connectivity index (χ4v) is 2.40. The Labute approximate surface area is 87.0 Å². The van der Waals surface area contributed by atoms with Crippen molar-refractivity contribution >= 4 is 6.29 Å². The highest BCUT2D eigenvalue weighted by Crippen LogP contribution is 2.34. The molecule has 2 unspecified atom stereocenters. The van der Waals surface area contributed by atoms with Crippen molar-refractivity contribution in [2.75, 3.05) is 7.11 Å². The molecule has 14 heavy (non-hydrogen) atoms. The van der Waals surface area contributed by atoms with Crippen LogP contribution < -0.4 is 0 Å². The van der Waals surface area contributed by atoms with Crippen LogP contribution in [0.3, 0.4) is 0 Å². The van der Waals surface area contributed by atoms with Gasteiger partial charge < -0.3 is 9.53 Å². The van der Waals surface area contributed by atoms with E-state index in [0.717, 1.165) is 43.8 Å². The second-order valence-corrected chi connectivity index (χ2v) is 4.82. The molecule has 0 amide bonds. The van der Waals surface area contributed by atoms with Crippen molar-refractivity contribution in [1.82, 2.24) is 0 Å². The Kier molecular flexibility index (Phi) is 4.11. The van der Waals surface area contributed by atoms with Crippen LogP contribution in [0.2, 0.25) is 0 Å². The third-order valence-corrected chi connectivity index (χ3v) is 3.68. The number of rotatable bonds is 3. The van der Waals surface area contributed by atoms with Crippen LogP contribution in [0.15, 0.2) is 0 Å². The molecule has 1 aliphatic rings. The predicted octanol–water partition coefficient (Wildman–Crippen LogP) is 2.81. The number of methoxy groups -OCH3 is 1. The monoisotopic (exact) mass is 198 g/mol. The fraction of sp³-hybridized carbons (Fsp3) is 0.917. The van der Waals surface area contributed by atoms with E-state index in [1.807, 2.05) is 0 Å². The van der Waals surface area contributed by atoms with E-state index >= 15 is 0 Å². The highest BCUT2D eigenvalue weighted by Gasteiger charge is 2.33. The molecule has 1 rings (SSSR count). The maximum atomic E-state index is 11.0. The molecular formula is C12H22O2. The molecule has 0 N–H and O–H groups in total. The summed E-state index contributed by atoms with van der Waals surface area (Å²) >= 11 is 0. The van der Waals surface area contributed by atoms with Crippen molar-refractivity contribution in [2.45, 2.75) is 51.6 Å². The van der Waals surface area contributed by atoms with Gasteiger partial charge in [-0.2, -0.15) is 0 Å². The summed E-state index contributed by atoms with van der Waals surface area (Å²) in [5.41, 5.74) is -0.469. The van der Waals surface area contributed by atoms with E-state index in [0.29, 0.717) is 0 Å². The first kappa shape index (κ1) is 11.7. The summed E-state index contributed by atoms with van der Waals surface area (Å²) in [4.78, 5) is 11.0. The smallest absolute Gasteiger partial charge is 0.151 e. The normalized spacial score (nSPS) is 34.1. The minimum atomic E-state index is -0.469. The lowest BCUT2D eigenvalue weighted by atomic mass is 9.88. The van der Waals surface area contributed by atoms with Gasteiger partial charge in [-0.15, -0.1) is 0 Å². The molecule has 0 aromatic carbocycles. The summed E-state index contributed by atoms with van der Waals surface area (Å²) in [5, 5.41) is 0. The number of hydrogen-bond acceptors (Lipinski definition) is 2. The van der Waals surface area contributed by atoms with Crippen molar-refractivity contribution in [3.8, 4) is 0 Å². The SMILES string of the molecule is COC1(C=O)CCCC(C(C)C)CC1. The van der Waals surface area contributed by atoms with Crippen molar-refractivity contribution in [1.29, 1.82) is 0 Å². The molecule has 2 nitrogen and oxygen atoms in total. The third-order valence-electron chi connectivity index (χ3n) is 3.68. The molecule has 0 aliphatic heterocycles. The number of hydrogen-bond donors (Lipinski definition) is 0. The Bertz CT molecular complexity index is 189. The van der Waals surface area contributed by atoms with Crippen molar-refractivity contribution < 1.29 is 9.53 Å². The van der Waals surface area contributed by atoms with Crippen LogP contribution in [0.5, 0.6) is 0 Å². The molecule has 0 bridgehead atoms. The van der Waals surface area contributed by atoms with Crippen LogP contribution >= 0.6 is 0 Å². The van der Waals surface area contributed by atoms with Crippen molar-refractivity contribution in [3.63, 3.8) is 0 Å². The van der Waals surface area contributed by atoms with Crippen molar-refractivity contribution in [3.05, 3.63) is 0 Å². The lowest BCUT2D eigenvalue weighted by molar-refractivity contribution is -0.129. The second-order valence-electron chi connectivity index (χ2n) is 4.82. The van der Waals surface area contributed by atoms with E-state index in [9.17, 15) is 4.79 Å². The van der Waals surface area contributed by atoms with Gasteiger partial charge in [0.25, 0.3) is 0 Å². The minimum absolute atomic E-state index is 0.469. The van der Waals surface area contributed by atoms with Gasteiger partial charge in [0.15, 0.2) is 6.29 Å². The Morgan fingerprint density at radius 1 is 1.36 bits per heavy atom. The molecule has 0 heterocycles. The molecule has 82 valence electrons. The molecule has 0 spiro atoms. The molecule has 1 saturated carbocycles. The van der Waals surface area contributed by atoms with Crippen LogP contribution in [0.4, 0.5) is 0 Å². The maximum Gasteiger partial charge on any atom is 0.151 e. The van der Waals surface area contributed by atoms with Gasteiger partial charge in [0.2, 0.25) is 0 Å². The van der Waals surface area contributed by atoms with Crippen LogP contribution in [0.25, 0.3) is 0 Å². The maximum absolute atomic E-state index is 11.0. The summed E-state index contributed by atoms with van der Waals surface area (Å²) in [5.74, 6) is 1.50. The molecule has 1 aliphatic carbocycles. The summed E-state index contributed by atoms with van der Waals surface area (Å²) in [6.07, 6.45) is 6.30. The fourth-order valence-electron chi connectivity index (χ4n) is 2.40. The number of carbonyl (C=O) groups excluding carboxylic acids is 1. The molecular weight excluding hydrogens is 176 g/mol. The van der Waals surface area contributed by atoms with E-state index in [1.165, 1.54) is 6.42 Å². The van der Waals surface area contributed by atoms with Gasteiger partial charge in [0.05, 0.1) is 0 Å². The highest BCUT2D eigenvalue weighted by molar-refractivity contribution is 5.62. The minimum Gasteiger partial charge on any atom is -0.371 e. The van der Waals surface area contributed by atoms with Crippen LogP contribution in [0, 0.1) is 11.8 Å². The molecule has 1 fully saturated rings. The molecule has 2 atom stereocenters. The van der Waals surface area contributed by atoms with Gasteiger partial charge in [-0.1, -0.05) is 20.3 Å². The zero-order valence-electron chi connectivity index (χ0n) is 9.58. The molecule has 0 saturated heterocycles. The standard InChI is InChI=1S/C12H22O2/c1-10(2)11-5-4-7-12(9-13,14-3)8-6-11/h9-11H,4-8H2,1-3H3. The Hall–Kier alpha value is -0.370. The van der Waals surface area contributed by atoms with Gasteiger partial charge >= 0.3 is 0 Å². The highest BCUT2D eigenvalue weighted by atomic mass is 16.5. The first-order chi connectivity index (χ1) is 6.63. The first-order valence-corrected chi connectivity index (χ1v) is 5.65. The zero-order chi connectivity index (χ0) is 10.6.